The fourth-order valence-electron chi connectivity index (χ4n) is 3.20. The number of aliphatic hydroxyl groups is 1. The van der Waals surface area contributed by atoms with Crippen LogP contribution in [0.3, 0.4) is 0 Å². The second-order valence-corrected chi connectivity index (χ2v) is 7.38. The van der Waals surface area contributed by atoms with E-state index in [0.29, 0.717) is 5.02 Å². The van der Waals surface area contributed by atoms with E-state index in [2.05, 4.69) is 6.92 Å². The maximum Gasteiger partial charge on any atom is 0.232 e. The number of piperidine rings is 1. The molecule has 0 aromatic heterocycles. The van der Waals surface area contributed by atoms with Crippen LogP contribution in [0.1, 0.15) is 45.6 Å². The summed E-state index contributed by atoms with van der Waals surface area (Å²) >= 11 is 6.06. The van der Waals surface area contributed by atoms with Gasteiger partial charge in [-0.1, -0.05) is 30.7 Å². The predicted molar refractivity (Wildman–Crippen MR) is 90.1 cm³/mol. The van der Waals surface area contributed by atoms with Crippen molar-refractivity contribution in [2.45, 2.75) is 45.4 Å². The summed E-state index contributed by atoms with van der Waals surface area (Å²) in [5, 5.41) is 10.3. The monoisotopic (exact) mass is 323 g/mol. The highest BCUT2D eigenvalue weighted by molar-refractivity contribution is 6.30. The molecule has 0 radical (unpaired) electrons. The number of nitrogens with zero attached hydrogens (tertiary/aromatic N) is 1. The lowest BCUT2D eigenvalue weighted by Gasteiger charge is -2.42. The van der Waals surface area contributed by atoms with Gasteiger partial charge in [0, 0.05) is 24.7 Å². The van der Waals surface area contributed by atoms with Crippen molar-refractivity contribution < 1.29 is 9.90 Å². The Kier molecular flexibility index (Phi) is 5.18. The smallest absolute Gasteiger partial charge is 0.232 e. The van der Waals surface area contributed by atoms with E-state index < -0.39 is 5.41 Å². The second-order valence-electron chi connectivity index (χ2n) is 6.94. The highest BCUT2D eigenvalue weighted by Crippen LogP contribution is 2.36. The van der Waals surface area contributed by atoms with Gasteiger partial charge >= 0.3 is 0 Å². The molecular formula is C18H26ClNO2. The summed E-state index contributed by atoms with van der Waals surface area (Å²) in [7, 11) is 0. The molecule has 1 heterocycles. The molecule has 1 saturated heterocycles. The first-order chi connectivity index (χ1) is 10.3. The Morgan fingerprint density at radius 2 is 2.00 bits per heavy atom. The third-order valence-electron chi connectivity index (χ3n) is 5.28. The Morgan fingerprint density at radius 1 is 1.36 bits per heavy atom. The third-order valence-corrected chi connectivity index (χ3v) is 5.51. The molecule has 0 aliphatic carbocycles. The number of hydrogen-bond donors (Lipinski definition) is 1. The maximum atomic E-state index is 12.9. The molecule has 122 valence electrons. The normalized spacial score (nSPS) is 18.3. The molecule has 0 atom stereocenters. The molecule has 22 heavy (non-hydrogen) atoms. The summed E-state index contributed by atoms with van der Waals surface area (Å²) in [5.41, 5.74) is 0.354. The van der Waals surface area contributed by atoms with Crippen LogP contribution in [-0.4, -0.2) is 35.6 Å². The van der Waals surface area contributed by atoms with E-state index in [1.54, 1.807) is 0 Å². The van der Waals surface area contributed by atoms with E-state index in [9.17, 15) is 9.90 Å². The Labute approximate surface area is 138 Å². The minimum atomic E-state index is -0.587. The number of benzene rings is 1. The van der Waals surface area contributed by atoms with Gasteiger partial charge in [0.25, 0.3) is 0 Å². The van der Waals surface area contributed by atoms with Gasteiger partial charge in [-0.25, -0.2) is 0 Å². The van der Waals surface area contributed by atoms with Crippen molar-refractivity contribution in [3.8, 4) is 0 Å². The molecule has 4 heteroatoms. The van der Waals surface area contributed by atoms with Gasteiger partial charge in [0.2, 0.25) is 5.91 Å². The van der Waals surface area contributed by atoms with Crippen molar-refractivity contribution in [1.82, 2.24) is 4.90 Å². The van der Waals surface area contributed by atoms with Crippen LogP contribution in [0.5, 0.6) is 0 Å². The summed E-state index contributed by atoms with van der Waals surface area (Å²) in [4.78, 5) is 14.9. The van der Waals surface area contributed by atoms with E-state index in [-0.39, 0.29) is 17.9 Å². The van der Waals surface area contributed by atoms with Crippen LogP contribution in [-0.2, 0) is 10.2 Å². The van der Waals surface area contributed by atoms with Crippen LogP contribution in [0.15, 0.2) is 24.3 Å². The maximum absolute atomic E-state index is 12.9. The van der Waals surface area contributed by atoms with Crippen molar-refractivity contribution in [3.63, 3.8) is 0 Å². The van der Waals surface area contributed by atoms with Crippen LogP contribution in [0.4, 0.5) is 0 Å². The van der Waals surface area contributed by atoms with E-state index in [4.69, 9.17) is 11.6 Å². The summed E-state index contributed by atoms with van der Waals surface area (Å²) in [6.07, 6.45) is 2.71. The summed E-state index contributed by atoms with van der Waals surface area (Å²) in [6, 6.07) is 7.53. The van der Waals surface area contributed by atoms with Gasteiger partial charge < -0.3 is 10.0 Å². The van der Waals surface area contributed by atoms with Gasteiger partial charge in [0.05, 0.1) is 5.41 Å². The highest BCUT2D eigenvalue weighted by atomic mass is 35.5. The second kappa shape index (κ2) is 6.59. The topological polar surface area (TPSA) is 40.5 Å². The Balaban J connectivity index is 2.12. The molecule has 1 aromatic rings. The molecule has 1 amide bonds. The molecule has 1 N–H and O–H groups in total. The molecule has 3 nitrogen and oxygen atoms in total. The summed E-state index contributed by atoms with van der Waals surface area (Å²) in [6.45, 7) is 7.67. The largest absolute Gasteiger partial charge is 0.396 e. The molecule has 2 rings (SSSR count). The van der Waals surface area contributed by atoms with E-state index >= 15 is 0 Å². The zero-order valence-electron chi connectivity index (χ0n) is 13.7. The van der Waals surface area contributed by atoms with E-state index in [1.165, 1.54) is 0 Å². The van der Waals surface area contributed by atoms with Crippen LogP contribution in [0, 0.1) is 5.41 Å². The number of carbonyl (C=O) groups excluding carboxylic acids is 1. The molecule has 1 aliphatic rings. The van der Waals surface area contributed by atoms with Crippen LogP contribution in [0.25, 0.3) is 0 Å². The lowest BCUT2D eigenvalue weighted by atomic mass is 9.76. The fourth-order valence-corrected chi connectivity index (χ4v) is 3.39. The number of halogens is 1. The predicted octanol–water partition coefficient (Wildman–Crippen LogP) is 3.63. The van der Waals surface area contributed by atoms with Crippen molar-refractivity contribution in [1.29, 1.82) is 0 Å². The Bertz CT molecular complexity index is 528. The van der Waals surface area contributed by atoms with Crippen LogP contribution >= 0.6 is 11.6 Å². The number of amides is 1. The van der Waals surface area contributed by atoms with Gasteiger partial charge in [0.1, 0.15) is 0 Å². The quantitative estimate of drug-likeness (QED) is 0.919. The average molecular weight is 324 g/mol. The minimum absolute atomic E-state index is 0.00300. The molecule has 1 aliphatic heterocycles. The van der Waals surface area contributed by atoms with Crippen molar-refractivity contribution in [2.24, 2.45) is 5.41 Å². The first-order valence-electron chi connectivity index (χ1n) is 8.01. The molecular weight excluding hydrogens is 298 g/mol. The SMILES string of the molecule is CCC1(CO)CCN(C(=O)C(C)(C)c2cccc(Cl)c2)CC1. The van der Waals surface area contributed by atoms with Gasteiger partial charge in [-0.15, -0.1) is 0 Å². The molecule has 0 saturated carbocycles. The third kappa shape index (κ3) is 3.31. The van der Waals surface area contributed by atoms with Crippen molar-refractivity contribution in [3.05, 3.63) is 34.9 Å². The highest BCUT2D eigenvalue weighted by Gasteiger charge is 2.39. The van der Waals surface area contributed by atoms with Crippen molar-refractivity contribution >= 4 is 17.5 Å². The van der Waals surface area contributed by atoms with Crippen molar-refractivity contribution in [2.75, 3.05) is 19.7 Å². The summed E-state index contributed by atoms with van der Waals surface area (Å²) < 4.78 is 0. The lowest BCUT2D eigenvalue weighted by molar-refractivity contribution is -0.139. The Morgan fingerprint density at radius 3 is 2.50 bits per heavy atom. The number of aliphatic hydroxyl groups excluding tert-OH is 1. The fraction of sp³-hybridized carbons (Fsp3) is 0.611. The lowest BCUT2D eigenvalue weighted by Crippen LogP contribution is -2.50. The zero-order chi connectivity index (χ0) is 16.4. The van der Waals surface area contributed by atoms with E-state index in [1.807, 2.05) is 43.0 Å². The minimum Gasteiger partial charge on any atom is -0.396 e. The Hall–Kier alpha value is -1.06. The van der Waals surface area contributed by atoms with Crippen LogP contribution < -0.4 is 0 Å². The standard InChI is InChI=1S/C18H26ClNO2/c1-4-18(13-21)8-10-20(11-9-18)16(22)17(2,3)14-6-5-7-15(19)12-14/h5-7,12,21H,4,8-11,13H2,1-3H3. The molecule has 1 fully saturated rings. The van der Waals surface area contributed by atoms with Crippen LogP contribution in [0.2, 0.25) is 5.02 Å². The van der Waals surface area contributed by atoms with Gasteiger partial charge in [0.15, 0.2) is 0 Å². The number of carbonyl (C=O) groups is 1. The first-order valence-corrected chi connectivity index (χ1v) is 8.39. The van der Waals surface area contributed by atoms with E-state index in [0.717, 1.165) is 37.9 Å². The van der Waals surface area contributed by atoms with Gasteiger partial charge in [-0.05, 0) is 56.2 Å². The summed E-state index contributed by atoms with van der Waals surface area (Å²) in [5.74, 6) is 0.136. The number of likely N-dealkylation sites (tertiary alicyclic amines) is 1. The van der Waals surface area contributed by atoms with Gasteiger partial charge in [-0.2, -0.15) is 0 Å². The first kappa shape index (κ1) is 17.3. The molecule has 0 unspecified atom stereocenters. The number of hydrogen-bond acceptors (Lipinski definition) is 2. The average Bonchev–Trinajstić information content (AvgIpc) is 2.54. The zero-order valence-corrected chi connectivity index (χ0v) is 14.5. The van der Waals surface area contributed by atoms with Gasteiger partial charge in [-0.3, -0.25) is 4.79 Å². The number of rotatable bonds is 4. The molecule has 0 bridgehead atoms. The molecule has 0 spiro atoms. The molecule has 1 aromatic carbocycles.